The lowest BCUT2D eigenvalue weighted by Gasteiger charge is -2.27. The summed E-state index contributed by atoms with van der Waals surface area (Å²) in [7, 11) is 1.85. The summed E-state index contributed by atoms with van der Waals surface area (Å²) in [5.74, 6) is 2.42. The molecule has 9 heteroatoms. The fourth-order valence-electron chi connectivity index (χ4n) is 3.51. The number of urea groups is 1. The summed E-state index contributed by atoms with van der Waals surface area (Å²) in [5, 5.41) is 18.1. The minimum atomic E-state index is -0.541. The van der Waals surface area contributed by atoms with Gasteiger partial charge >= 0.3 is 6.03 Å². The van der Waals surface area contributed by atoms with Crippen molar-refractivity contribution in [3.05, 3.63) is 23.9 Å². The summed E-state index contributed by atoms with van der Waals surface area (Å²) in [6, 6.07) is -0.506. The Morgan fingerprint density at radius 1 is 1.40 bits per heavy atom. The first-order valence-corrected chi connectivity index (χ1v) is 8.84. The molecule has 0 radical (unpaired) electrons. The molecule has 25 heavy (non-hydrogen) atoms. The van der Waals surface area contributed by atoms with Gasteiger partial charge in [-0.3, -0.25) is 0 Å². The molecule has 134 valence electrons. The maximum Gasteiger partial charge on any atom is 0.316 e. The van der Waals surface area contributed by atoms with Crippen molar-refractivity contribution in [2.75, 3.05) is 0 Å². The molecular weight excluding hydrogens is 322 g/mol. The van der Waals surface area contributed by atoms with Gasteiger partial charge in [-0.15, -0.1) is 10.2 Å². The molecule has 2 fully saturated rings. The van der Waals surface area contributed by atoms with Gasteiger partial charge in [0.2, 0.25) is 5.89 Å². The number of rotatable bonds is 5. The van der Waals surface area contributed by atoms with E-state index >= 15 is 0 Å². The Balaban J connectivity index is 1.47. The van der Waals surface area contributed by atoms with E-state index in [0.29, 0.717) is 23.5 Å². The first-order chi connectivity index (χ1) is 12.1. The zero-order chi connectivity index (χ0) is 17.4. The average molecular weight is 345 g/mol. The van der Waals surface area contributed by atoms with Crippen molar-refractivity contribution in [3.8, 4) is 0 Å². The lowest BCUT2D eigenvalue weighted by Crippen LogP contribution is -2.49. The van der Waals surface area contributed by atoms with Crippen molar-refractivity contribution in [1.29, 1.82) is 0 Å². The molecule has 0 aliphatic heterocycles. The van der Waals surface area contributed by atoms with Crippen LogP contribution in [0.2, 0.25) is 0 Å². The fourth-order valence-corrected chi connectivity index (χ4v) is 3.51. The zero-order valence-electron chi connectivity index (χ0n) is 14.5. The quantitative estimate of drug-likeness (QED) is 0.856. The minimum absolute atomic E-state index is 0.252. The van der Waals surface area contributed by atoms with Crippen LogP contribution in [0, 0.1) is 0 Å². The monoisotopic (exact) mass is 345 g/mol. The second-order valence-electron chi connectivity index (χ2n) is 7.14. The number of carbonyl (C=O) groups is 1. The highest BCUT2D eigenvalue weighted by Gasteiger charge is 2.43. The Bertz CT molecular complexity index is 758. The van der Waals surface area contributed by atoms with Crippen LogP contribution in [-0.4, -0.2) is 30.9 Å². The van der Waals surface area contributed by atoms with Crippen LogP contribution in [0.5, 0.6) is 0 Å². The molecule has 0 spiro atoms. The summed E-state index contributed by atoms with van der Waals surface area (Å²) < 4.78 is 7.20. The number of nitrogens with zero attached hydrogens (tertiary/aromatic N) is 5. The molecule has 2 saturated carbocycles. The first kappa shape index (κ1) is 16.0. The highest BCUT2D eigenvalue weighted by molar-refractivity contribution is 5.75. The van der Waals surface area contributed by atoms with Gasteiger partial charge < -0.3 is 19.7 Å². The van der Waals surface area contributed by atoms with Gasteiger partial charge in [0.1, 0.15) is 11.9 Å². The molecule has 2 N–H and O–H groups in total. The zero-order valence-corrected chi connectivity index (χ0v) is 14.5. The molecular formula is C16H23N7O2. The second kappa shape index (κ2) is 6.12. The number of amides is 2. The van der Waals surface area contributed by atoms with Crippen LogP contribution in [0.4, 0.5) is 4.79 Å². The van der Waals surface area contributed by atoms with Crippen LogP contribution < -0.4 is 10.6 Å². The van der Waals surface area contributed by atoms with Crippen LogP contribution in [0.1, 0.15) is 74.9 Å². The van der Waals surface area contributed by atoms with Gasteiger partial charge in [0.15, 0.2) is 11.6 Å². The van der Waals surface area contributed by atoms with Crippen molar-refractivity contribution in [2.45, 2.75) is 62.9 Å². The number of aryl methyl sites for hydroxylation is 1. The lowest BCUT2D eigenvalue weighted by atomic mass is 9.97. The van der Waals surface area contributed by atoms with E-state index in [1.165, 1.54) is 0 Å². The average Bonchev–Trinajstić information content (AvgIpc) is 3.00. The topological polar surface area (TPSA) is 111 Å². The number of nitrogens with one attached hydrogen (secondary N) is 2. The van der Waals surface area contributed by atoms with E-state index in [4.69, 9.17) is 4.52 Å². The third-order valence-electron chi connectivity index (χ3n) is 5.09. The van der Waals surface area contributed by atoms with Gasteiger partial charge in [0.05, 0.1) is 6.04 Å². The maximum atomic E-state index is 12.6. The molecule has 9 nitrogen and oxygen atoms in total. The van der Waals surface area contributed by atoms with Crippen LogP contribution in [-0.2, 0) is 12.6 Å². The van der Waals surface area contributed by atoms with Gasteiger partial charge in [-0.05, 0) is 32.6 Å². The Hall–Kier alpha value is -2.45. The molecule has 2 aliphatic rings. The molecule has 2 aromatic heterocycles. The summed E-state index contributed by atoms with van der Waals surface area (Å²) in [4.78, 5) is 17.2. The summed E-state index contributed by atoms with van der Waals surface area (Å²) in [6.45, 7) is 1.88. The van der Waals surface area contributed by atoms with Gasteiger partial charge in [-0.1, -0.05) is 18.0 Å². The van der Waals surface area contributed by atoms with Gasteiger partial charge in [0, 0.05) is 13.0 Å². The molecule has 2 aromatic rings. The standard InChI is InChI=1S/C16H23N7O2/c1-10(12-21-17-9-23(12)2)18-15(24)20-16(7-3-4-8-16)14-19-13(25-22-14)11-5-6-11/h9-11H,3-8H2,1-2H3,(H2,18,20,24)/t10-/m0/s1. The van der Waals surface area contributed by atoms with Crippen molar-refractivity contribution in [3.63, 3.8) is 0 Å². The van der Waals surface area contributed by atoms with E-state index < -0.39 is 5.54 Å². The summed E-state index contributed by atoms with van der Waals surface area (Å²) >= 11 is 0. The number of carbonyl (C=O) groups excluding carboxylic acids is 1. The molecule has 4 rings (SSSR count). The third-order valence-corrected chi connectivity index (χ3v) is 5.09. The lowest BCUT2D eigenvalue weighted by molar-refractivity contribution is 0.217. The van der Waals surface area contributed by atoms with Gasteiger partial charge in [0.25, 0.3) is 0 Å². The summed E-state index contributed by atoms with van der Waals surface area (Å²) in [5.41, 5.74) is -0.541. The van der Waals surface area contributed by atoms with Gasteiger partial charge in [-0.2, -0.15) is 4.98 Å². The largest absolute Gasteiger partial charge is 0.339 e. The smallest absolute Gasteiger partial charge is 0.316 e. The van der Waals surface area contributed by atoms with E-state index in [1.807, 2.05) is 14.0 Å². The number of hydrogen-bond acceptors (Lipinski definition) is 6. The van der Waals surface area contributed by atoms with E-state index in [-0.39, 0.29) is 12.1 Å². The Labute approximate surface area is 145 Å². The normalized spacial score (nSPS) is 20.4. The minimum Gasteiger partial charge on any atom is -0.339 e. The predicted octanol–water partition coefficient (Wildman–Crippen LogP) is 1.91. The predicted molar refractivity (Wildman–Crippen MR) is 87.5 cm³/mol. The summed E-state index contributed by atoms with van der Waals surface area (Å²) in [6.07, 6.45) is 7.54. The molecule has 2 heterocycles. The first-order valence-electron chi connectivity index (χ1n) is 8.84. The third kappa shape index (κ3) is 3.10. The van der Waals surface area contributed by atoms with Crippen molar-refractivity contribution >= 4 is 6.03 Å². The second-order valence-corrected chi connectivity index (χ2v) is 7.14. The maximum absolute atomic E-state index is 12.6. The highest BCUT2D eigenvalue weighted by atomic mass is 16.5. The molecule has 1 atom stereocenters. The molecule has 0 unspecified atom stereocenters. The molecule has 0 bridgehead atoms. The van der Waals surface area contributed by atoms with Crippen molar-refractivity contribution in [2.24, 2.45) is 7.05 Å². The van der Waals surface area contributed by atoms with Crippen LogP contribution in [0.15, 0.2) is 10.9 Å². The van der Waals surface area contributed by atoms with E-state index in [9.17, 15) is 4.79 Å². The Kier molecular flexibility index (Phi) is 3.93. The van der Waals surface area contributed by atoms with E-state index in [0.717, 1.165) is 38.5 Å². The van der Waals surface area contributed by atoms with Crippen molar-refractivity contribution < 1.29 is 9.32 Å². The molecule has 2 amide bonds. The van der Waals surface area contributed by atoms with E-state index in [2.05, 4.69) is 31.0 Å². The van der Waals surface area contributed by atoms with Crippen LogP contribution in [0.25, 0.3) is 0 Å². The van der Waals surface area contributed by atoms with Crippen LogP contribution >= 0.6 is 0 Å². The Morgan fingerprint density at radius 3 is 2.80 bits per heavy atom. The highest BCUT2D eigenvalue weighted by Crippen LogP contribution is 2.42. The molecule has 0 saturated heterocycles. The number of aromatic nitrogens is 5. The van der Waals surface area contributed by atoms with E-state index in [1.54, 1.807) is 10.9 Å². The van der Waals surface area contributed by atoms with Crippen LogP contribution in [0.3, 0.4) is 0 Å². The number of hydrogen-bond donors (Lipinski definition) is 2. The Morgan fingerprint density at radius 2 is 2.16 bits per heavy atom. The molecule has 0 aromatic carbocycles. The fraction of sp³-hybridized carbons (Fsp3) is 0.688. The van der Waals surface area contributed by atoms with Crippen molar-refractivity contribution in [1.82, 2.24) is 35.5 Å². The SMILES string of the molecule is C[C@H](NC(=O)NC1(c2noc(C3CC3)n2)CCCC1)c1nncn1C. The molecule has 2 aliphatic carbocycles. The van der Waals surface area contributed by atoms with Gasteiger partial charge in [-0.25, -0.2) is 4.79 Å².